The molecule has 1 heterocycles. The molecule has 0 saturated heterocycles. The molecule has 0 aliphatic carbocycles. The van der Waals surface area contributed by atoms with Gasteiger partial charge in [0.05, 0.1) is 11.6 Å². The van der Waals surface area contributed by atoms with Crippen molar-refractivity contribution in [1.29, 1.82) is 0 Å². The van der Waals surface area contributed by atoms with E-state index in [4.69, 9.17) is 16.3 Å². The second kappa shape index (κ2) is 5.85. The maximum atomic E-state index is 9.19. The van der Waals surface area contributed by atoms with Crippen LogP contribution in [0.4, 0.5) is 0 Å². The Hall–Kier alpha value is -1.58. The third-order valence-electron chi connectivity index (χ3n) is 2.51. The van der Waals surface area contributed by atoms with Crippen molar-refractivity contribution in [2.24, 2.45) is 0 Å². The van der Waals surface area contributed by atoms with Crippen LogP contribution in [0.15, 0.2) is 36.4 Å². The summed E-state index contributed by atoms with van der Waals surface area (Å²) in [6.45, 7) is 1.97. The van der Waals surface area contributed by atoms with Crippen LogP contribution in [0, 0.1) is 0 Å². The zero-order chi connectivity index (χ0) is 13.0. The van der Waals surface area contributed by atoms with Crippen LogP contribution in [-0.2, 0) is 13.0 Å². The summed E-state index contributed by atoms with van der Waals surface area (Å²) >= 11 is 6.02. The number of aliphatic hydroxyl groups excluding tert-OH is 1. The first-order chi connectivity index (χ1) is 8.72. The fourth-order valence-electron chi connectivity index (χ4n) is 1.59. The Labute approximate surface area is 111 Å². The second-order valence-corrected chi connectivity index (χ2v) is 4.26. The van der Waals surface area contributed by atoms with Crippen LogP contribution in [0.3, 0.4) is 0 Å². The number of rotatable bonds is 4. The number of hydrogen-bond acceptors (Lipinski definition) is 3. The Morgan fingerprint density at radius 1 is 1.28 bits per heavy atom. The van der Waals surface area contributed by atoms with E-state index >= 15 is 0 Å². The van der Waals surface area contributed by atoms with Crippen LogP contribution < -0.4 is 4.74 Å². The quantitative estimate of drug-likeness (QED) is 0.917. The van der Waals surface area contributed by atoms with Gasteiger partial charge in [0.25, 0.3) is 0 Å². The highest BCUT2D eigenvalue weighted by molar-refractivity contribution is 6.32. The van der Waals surface area contributed by atoms with E-state index in [1.54, 1.807) is 18.2 Å². The summed E-state index contributed by atoms with van der Waals surface area (Å²) in [5.74, 6) is 1.01. The molecule has 0 aliphatic rings. The minimum atomic E-state index is -0.0333. The third-order valence-corrected chi connectivity index (χ3v) is 2.82. The molecule has 0 bridgehead atoms. The van der Waals surface area contributed by atoms with E-state index in [1.807, 2.05) is 25.1 Å². The van der Waals surface area contributed by atoms with E-state index in [2.05, 4.69) is 4.98 Å². The van der Waals surface area contributed by atoms with Gasteiger partial charge in [-0.15, -0.1) is 0 Å². The summed E-state index contributed by atoms with van der Waals surface area (Å²) in [5, 5.41) is 9.73. The first kappa shape index (κ1) is 12.9. The fraction of sp³-hybridized carbons (Fsp3) is 0.214. The number of aliphatic hydroxyl groups is 1. The Kier molecular flexibility index (Phi) is 4.18. The first-order valence-corrected chi connectivity index (χ1v) is 6.13. The number of para-hydroxylation sites is 1. The van der Waals surface area contributed by atoms with Crippen molar-refractivity contribution < 1.29 is 9.84 Å². The molecule has 0 atom stereocenters. The van der Waals surface area contributed by atoms with E-state index < -0.39 is 0 Å². The summed E-state index contributed by atoms with van der Waals surface area (Å²) < 4.78 is 5.64. The number of halogens is 1. The molecule has 3 nitrogen and oxygen atoms in total. The van der Waals surface area contributed by atoms with Gasteiger partial charge in [0.15, 0.2) is 0 Å². The second-order valence-electron chi connectivity index (χ2n) is 3.85. The van der Waals surface area contributed by atoms with E-state index in [-0.39, 0.29) is 6.61 Å². The molecule has 4 heteroatoms. The molecule has 94 valence electrons. The minimum Gasteiger partial charge on any atom is -0.437 e. The van der Waals surface area contributed by atoms with Crippen molar-refractivity contribution in [3.63, 3.8) is 0 Å². The lowest BCUT2D eigenvalue weighted by Gasteiger charge is -2.09. The van der Waals surface area contributed by atoms with Gasteiger partial charge in [-0.2, -0.15) is 0 Å². The molecule has 0 radical (unpaired) electrons. The number of nitrogens with zero attached hydrogens (tertiary/aromatic N) is 1. The molecular weight excluding hydrogens is 250 g/mol. The van der Waals surface area contributed by atoms with Crippen LogP contribution in [-0.4, -0.2) is 10.1 Å². The SMILES string of the molecule is CCc1cc(CO)cc(Oc2ccccc2Cl)n1. The van der Waals surface area contributed by atoms with Gasteiger partial charge in [-0.1, -0.05) is 30.7 Å². The van der Waals surface area contributed by atoms with E-state index in [9.17, 15) is 5.11 Å². The molecule has 0 saturated carbocycles. The number of ether oxygens (including phenoxy) is 1. The molecule has 0 aliphatic heterocycles. The Balaban J connectivity index is 2.31. The van der Waals surface area contributed by atoms with Crippen molar-refractivity contribution >= 4 is 11.6 Å². The van der Waals surface area contributed by atoms with Gasteiger partial charge in [0.1, 0.15) is 5.75 Å². The molecule has 1 N–H and O–H groups in total. The Morgan fingerprint density at radius 2 is 2.06 bits per heavy atom. The molecule has 1 aromatic heterocycles. The highest BCUT2D eigenvalue weighted by Gasteiger charge is 2.06. The largest absolute Gasteiger partial charge is 0.437 e. The Bertz CT molecular complexity index is 521. The smallest absolute Gasteiger partial charge is 0.219 e. The molecule has 0 unspecified atom stereocenters. The molecule has 0 amide bonds. The topological polar surface area (TPSA) is 42.4 Å². The van der Waals surface area contributed by atoms with E-state index in [1.165, 1.54) is 0 Å². The summed E-state index contributed by atoms with van der Waals surface area (Å²) in [5.41, 5.74) is 1.66. The lowest BCUT2D eigenvalue weighted by Crippen LogP contribution is -1.96. The zero-order valence-electron chi connectivity index (χ0n) is 10.1. The van der Waals surface area contributed by atoms with Crippen molar-refractivity contribution in [3.8, 4) is 11.6 Å². The van der Waals surface area contributed by atoms with Crippen LogP contribution in [0.5, 0.6) is 11.6 Å². The van der Waals surface area contributed by atoms with Crippen LogP contribution in [0.1, 0.15) is 18.2 Å². The normalized spacial score (nSPS) is 10.4. The van der Waals surface area contributed by atoms with Gasteiger partial charge >= 0.3 is 0 Å². The van der Waals surface area contributed by atoms with Crippen LogP contribution in [0.2, 0.25) is 5.02 Å². The van der Waals surface area contributed by atoms with Crippen molar-refractivity contribution in [1.82, 2.24) is 4.98 Å². The fourth-order valence-corrected chi connectivity index (χ4v) is 1.76. The van der Waals surface area contributed by atoms with Gasteiger partial charge in [0, 0.05) is 11.8 Å². The summed E-state index contributed by atoms with van der Waals surface area (Å²) in [7, 11) is 0. The van der Waals surface area contributed by atoms with Crippen LogP contribution in [0.25, 0.3) is 0 Å². The number of aryl methyl sites for hydroxylation is 1. The van der Waals surface area contributed by atoms with Crippen LogP contribution >= 0.6 is 11.6 Å². The Morgan fingerprint density at radius 3 is 2.72 bits per heavy atom. The lowest BCUT2D eigenvalue weighted by molar-refractivity contribution is 0.281. The van der Waals surface area contributed by atoms with Gasteiger partial charge in [-0.05, 0) is 30.2 Å². The number of aromatic nitrogens is 1. The predicted octanol–water partition coefficient (Wildman–Crippen LogP) is 3.58. The zero-order valence-corrected chi connectivity index (χ0v) is 10.8. The number of pyridine rings is 1. The maximum Gasteiger partial charge on any atom is 0.219 e. The summed E-state index contributed by atoms with van der Waals surface area (Å²) in [6.07, 6.45) is 0.784. The minimum absolute atomic E-state index is 0.0333. The molecule has 1 aromatic carbocycles. The average molecular weight is 264 g/mol. The van der Waals surface area contributed by atoms with E-state index in [0.29, 0.717) is 16.7 Å². The third kappa shape index (κ3) is 3.00. The molecule has 0 spiro atoms. The lowest BCUT2D eigenvalue weighted by atomic mass is 10.2. The van der Waals surface area contributed by atoms with Crippen molar-refractivity contribution in [2.45, 2.75) is 20.0 Å². The average Bonchev–Trinajstić information content (AvgIpc) is 2.41. The van der Waals surface area contributed by atoms with Gasteiger partial charge in [0.2, 0.25) is 5.88 Å². The van der Waals surface area contributed by atoms with Crippen molar-refractivity contribution in [3.05, 3.63) is 52.7 Å². The monoisotopic (exact) mass is 263 g/mol. The van der Waals surface area contributed by atoms with Gasteiger partial charge < -0.3 is 9.84 Å². The molecule has 2 aromatic rings. The molecule has 2 rings (SSSR count). The highest BCUT2D eigenvalue weighted by atomic mass is 35.5. The highest BCUT2D eigenvalue weighted by Crippen LogP contribution is 2.28. The van der Waals surface area contributed by atoms with Gasteiger partial charge in [-0.25, -0.2) is 4.98 Å². The standard InChI is InChI=1S/C14H14ClNO2/c1-2-11-7-10(9-17)8-14(16-11)18-13-6-4-3-5-12(13)15/h3-8,17H,2,9H2,1H3. The predicted molar refractivity (Wildman–Crippen MR) is 71.1 cm³/mol. The maximum absolute atomic E-state index is 9.19. The number of hydrogen-bond donors (Lipinski definition) is 1. The molecular formula is C14H14ClNO2. The van der Waals surface area contributed by atoms with Crippen molar-refractivity contribution in [2.75, 3.05) is 0 Å². The summed E-state index contributed by atoms with van der Waals surface area (Å²) in [6, 6.07) is 10.8. The van der Waals surface area contributed by atoms with E-state index in [0.717, 1.165) is 17.7 Å². The summed E-state index contributed by atoms with van der Waals surface area (Å²) in [4.78, 5) is 4.34. The molecule has 0 fully saturated rings. The number of benzene rings is 1. The van der Waals surface area contributed by atoms with Gasteiger partial charge in [-0.3, -0.25) is 0 Å². The molecule has 18 heavy (non-hydrogen) atoms. The first-order valence-electron chi connectivity index (χ1n) is 5.76.